The Morgan fingerprint density at radius 3 is 2.54 bits per heavy atom. The van der Waals surface area contributed by atoms with Crippen LogP contribution in [0.15, 0.2) is 29.4 Å². The van der Waals surface area contributed by atoms with Crippen molar-refractivity contribution < 1.29 is 9.53 Å². The number of Topliss-reactive ketones (excluding diaryl/α,β-unsaturated/α-hetero) is 1. The highest BCUT2D eigenvalue weighted by molar-refractivity contribution is 6.35. The fraction of sp³-hybridized carbons (Fsp3) is 0.111. The lowest BCUT2D eigenvalue weighted by atomic mass is 10.1. The minimum Gasteiger partial charge on any atom is -0.497 e. The van der Waals surface area contributed by atoms with E-state index in [9.17, 15) is 4.79 Å². The Bertz CT molecular complexity index is 317. The normalized spacial score (nSPS) is 10.2. The Morgan fingerprint density at radius 2 is 2.08 bits per heavy atom. The summed E-state index contributed by atoms with van der Waals surface area (Å²) in [7, 11) is 1.57. The molecule has 4 heteroatoms. The molecule has 0 saturated carbocycles. The quantitative estimate of drug-likeness (QED) is 0.322. The number of rotatable bonds is 3. The first-order chi connectivity index (χ1) is 6.27. The molecule has 0 aliphatic rings. The minimum atomic E-state index is -0.217. The van der Waals surface area contributed by atoms with Crippen molar-refractivity contribution in [2.75, 3.05) is 7.11 Å². The molecular formula is C9H10N2O2. The van der Waals surface area contributed by atoms with Crippen molar-refractivity contribution in [1.29, 1.82) is 0 Å². The molecule has 0 fully saturated rings. The van der Waals surface area contributed by atoms with Crippen LogP contribution in [0.25, 0.3) is 0 Å². The molecule has 0 spiro atoms. The van der Waals surface area contributed by atoms with E-state index in [1.54, 1.807) is 31.4 Å². The van der Waals surface area contributed by atoms with Gasteiger partial charge < -0.3 is 10.6 Å². The van der Waals surface area contributed by atoms with Crippen LogP contribution in [0.4, 0.5) is 0 Å². The summed E-state index contributed by atoms with van der Waals surface area (Å²) in [6.45, 7) is 0. The number of hydrazone groups is 1. The van der Waals surface area contributed by atoms with Crippen molar-refractivity contribution in [3.8, 4) is 5.75 Å². The highest BCUT2D eigenvalue weighted by Gasteiger charge is 2.01. The maximum atomic E-state index is 11.2. The van der Waals surface area contributed by atoms with Crippen LogP contribution in [-0.2, 0) is 0 Å². The fourth-order valence-corrected chi connectivity index (χ4v) is 0.898. The molecule has 0 radical (unpaired) electrons. The summed E-state index contributed by atoms with van der Waals surface area (Å²) < 4.78 is 4.94. The van der Waals surface area contributed by atoms with Crippen LogP contribution < -0.4 is 10.6 Å². The van der Waals surface area contributed by atoms with Crippen LogP contribution in [-0.4, -0.2) is 19.1 Å². The zero-order valence-corrected chi connectivity index (χ0v) is 7.23. The van der Waals surface area contributed by atoms with Crippen molar-refractivity contribution >= 4 is 12.0 Å². The molecule has 0 bridgehead atoms. The molecule has 0 aliphatic heterocycles. The number of methoxy groups -OCH3 is 1. The standard InChI is InChI=1S/C9H10N2O2/c1-13-8-4-2-7(3-5-8)9(12)6-11-10/h2-6H,10H2,1H3/b11-6-. The largest absolute Gasteiger partial charge is 0.497 e. The van der Waals surface area contributed by atoms with Crippen molar-refractivity contribution in [3.05, 3.63) is 29.8 Å². The van der Waals surface area contributed by atoms with E-state index in [0.29, 0.717) is 11.3 Å². The number of nitrogens with zero attached hydrogens (tertiary/aromatic N) is 1. The monoisotopic (exact) mass is 178 g/mol. The van der Waals surface area contributed by atoms with Gasteiger partial charge in [-0.1, -0.05) is 0 Å². The third kappa shape index (κ3) is 2.30. The molecule has 68 valence electrons. The number of nitrogens with two attached hydrogens (primary N) is 1. The van der Waals surface area contributed by atoms with Gasteiger partial charge in [0.15, 0.2) is 0 Å². The number of carbonyl (C=O) groups excluding carboxylic acids is 1. The van der Waals surface area contributed by atoms with Gasteiger partial charge in [-0.05, 0) is 24.3 Å². The lowest BCUT2D eigenvalue weighted by molar-refractivity contribution is 0.107. The molecule has 0 saturated heterocycles. The summed E-state index contributed by atoms with van der Waals surface area (Å²) in [4.78, 5) is 11.2. The van der Waals surface area contributed by atoms with Gasteiger partial charge in [-0.3, -0.25) is 4.79 Å². The van der Waals surface area contributed by atoms with E-state index in [-0.39, 0.29) is 5.78 Å². The van der Waals surface area contributed by atoms with Crippen LogP contribution in [0.5, 0.6) is 5.75 Å². The molecule has 0 heterocycles. The van der Waals surface area contributed by atoms with E-state index >= 15 is 0 Å². The first-order valence-electron chi connectivity index (χ1n) is 3.69. The van der Waals surface area contributed by atoms with Gasteiger partial charge in [0.2, 0.25) is 5.78 Å². The topological polar surface area (TPSA) is 64.7 Å². The summed E-state index contributed by atoms with van der Waals surface area (Å²) in [6.07, 6.45) is 1.07. The number of benzene rings is 1. The molecule has 0 aromatic heterocycles. The van der Waals surface area contributed by atoms with Gasteiger partial charge in [0.1, 0.15) is 5.75 Å². The summed E-state index contributed by atoms with van der Waals surface area (Å²) in [5, 5.41) is 3.15. The molecule has 1 aromatic carbocycles. The van der Waals surface area contributed by atoms with Gasteiger partial charge in [-0.2, -0.15) is 5.10 Å². The Hall–Kier alpha value is -1.84. The zero-order chi connectivity index (χ0) is 9.68. The lowest BCUT2D eigenvalue weighted by Crippen LogP contribution is -2.01. The van der Waals surface area contributed by atoms with Crippen LogP contribution in [0.1, 0.15) is 10.4 Å². The smallest absolute Gasteiger partial charge is 0.205 e. The predicted octanol–water partition coefficient (Wildman–Crippen LogP) is 0.822. The second kappa shape index (κ2) is 4.25. The van der Waals surface area contributed by atoms with E-state index in [1.165, 1.54) is 0 Å². The zero-order valence-electron chi connectivity index (χ0n) is 7.23. The minimum absolute atomic E-state index is 0.217. The second-order valence-electron chi connectivity index (χ2n) is 2.37. The molecular weight excluding hydrogens is 168 g/mol. The molecule has 1 rings (SSSR count). The van der Waals surface area contributed by atoms with Gasteiger partial charge in [0, 0.05) is 5.56 Å². The molecule has 13 heavy (non-hydrogen) atoms. The van der Waals surface area contributed by atoms with Crippen LogP contribution >= 0.6 is 0 Å². The highest BCUT2D eigenvalue weighted by Crippen LogP contribution is 2.10. The number of carbonyl (C=O) groups is 1. The fourth-order valence-electron chi connectivity index (χ4n) is 0.898. The van der Waals surface area contributed by atoms with Crippen LogP contribution in [0.3, 0.4) is 0 Å². The van der Waals surface area contributed by atoms with Crippen molar-refractivity contribution in [3.63, 3.8) is 0 Å². The van der Waals surface area contributed by atoms with Crippen molar-refractivity contribution in [1.82, 2.24) is 0 Å². The SMILES string of the molecule is COc1ccc(C(=O)/C=N\N)cc1. The van der Waals surface area contributed by atoms with Gasteiger partial charge in [0.25, 0.3) is 0 Å². The number of ketones is 1. The molecule has 0 aliphatic carbocycles. The summed E-state index contributed by atoms with van der Waals surface area (Å²) in [6, 6.07) is 6.72. The lowest BCUT2D eigenvalue weighted by Gasteiger charge is -1.99. The highest BCUT2D eigenvalue weighted by atomic mass is 16.5. The van der Waals surface area contributed by atoms with Gasteiger partial charge >= 0.3 is 0 Å². The molecule has 0 atom stereocenters. The van der Waals surface area contributed by atoms with Crippen molar-refractivity contribution in [2.24, 2.45) is 10.9 Å². The van der Waals surface area contributed by atoms with Gasteiger partial charge in [0.05, 0.1) is 13.3 Å². The van der Waals surface area contributed by atoms with E-state index in [0.717, 1.165) is 6.21 Å². The third-order valence-electron chi connectivity index (χ3n) is 1.57. The second-order valence-corrected chi connectivity index (χ2v) is 2.37. The molecule has 2 N–H and O–H groups in total. The molecule has 0 amide bonds. The van der Waals surface area contributed by atoms with E-state index in [2.05, 4.69) is 5.10 Å². The van der Waals surface area contributed by atoms with Gasteiger partial charge in [-0.25, -0.2) is 0 Å². The maximum absolute atomic E-state index is 11.2. The first kappa shape index (κ1) is 9.25. The average Bonchev–Trinajstić information content (AvgIpc) is 2.18. The first-order valence-corrected chi connectivity index (χ1v) is 3.69. The average molecular weight is 178 g/mol. The van der Waals surface area contributed by atoms with E-state index in [4.69, 9.17) is 10.6 Å². The molecule has 0 unspecified atom stereocenters. The summed E-state index contributed by atoms with van der Waals surface area (Å²) in [5.41, 5.74) is 0.537. The van der Waals surface area contributed by atoms with Crippen LogP contribution in [0.2, 0.25) is 0 Å². The Kier molecular flexibility index (Phi) is 3.03. The summed E-state index contributed by atoms with van der Waals surface area (Å²) in [5.74, 6) is 5.34. The predicted molar refractivity (Wildman–Crippen MR) is 50.0 cm³/mol. The number of hydrogen-bond donors (Lipinski definition) is 1. The number of hydrogen-bond acceptors (Lipinski definition) is 4. The maximum Gasteiger partial charge on any atom is 0.205 e. The van der Waals surface area contributed by atoms with Crippen LogP contribution in [0, 0.1) is 0 Å². The molecule has 4 nitrogen and oxygen atoms in total. The number of ether oxygens (including phenoxy) is 1. The van der Waals surface area contributed by atoms with E-state index in [1.807, 2.05) is 0 Å². The Labute approximate surface area is 76.0 Å². The Morgan fingerprint density at radius 1 is 1.46 bits per heavy atom. The summed E-state index contributed by atoms with van der Waals surface area (Å²) >= 11 is 0. The third-order valence-corrected chi connectivity index (χ3v) is 1.57. The van der Waals surface area contributed by atoms with Gasteiger partial charge in [-0.15, -0.1) is 0 Å². The van der Waals surface area contributed by atoms with Crippen molar-refractivity contribution in [2.45, 2.75) is 0 Å². The Balaban J connectivity index is 2.85. The van der Waals surface area contributed by atoms with E-state index < -0.39 is 0 Å². The molecule has 1 aromatic rings.